The van der Waals surface area contributed by atoms with E-state index in [1.54, 1.807) is 0 Å². The first-order valence-corrected chi connectivity index (χ1v) is 7.30. The third-order valence-electron chi connectivity index (χ3n) is 3.18. The van der Waals surface area contributed by atoms with Crippen molar-refractivity contribution in [3.05, 3.63) is 23.3 Å². The molecule has 1 heterocycles. The lowest BCUT2D eigenvalue weighted by Crippen LogP contribution is -2.15. The predicted molar refractivity (Wildman–Crippen MR) is 80.7 cm³/mol. The molecule has 0 fully saturated rings. The van der Waals surface area contributed by atoms with Crippen LogP contribution in [0.15, 0.2) is 12.7 Å². The lowest BCUT2D eigenvalue weighted by molar-refractivity contribution is 0.169. The number of allylic oxidation sites excluding steroid dienone is 1. The van der Waals surface area contributed by atoms with E-state index < -0.39 is 0 Å². The maximum atomic E-state index is 9.68. The van der Waals surface area contributed by atoms with Crippen molar-refractivity contribution < 1.29 is 5.11 Å². The van der Waals surface area contributed by atoms with E-state index in [1.165, 1.54) is 0 Å². The molecule has 0 aliphatic carbocycles. The van der Waals surface area contributed by atoms with E-state index in [0.29, 0.717) is 23.7 Å². The Balaban J connectivity index is 2.95. The van der Waals surface area contributed by atoms with Gasteiger partial charge in [0.1, 0.15) is 5.82 Å². The first-order chi connectivity index (χ1) is 8.95. The number of rotatable bonds is 8. The number of hydrogen-bond donors (Lipinski definition) is 2. The SMILES string of the molecule is C=CCn1c([C@H](CCC(C)C)C[C@H](C)O)n[nH]c1=S. The quantitative estimate of drug-likeness (QED) is 0.568. The lowest BCUT2D eigenvalue weighted by Gasteiger charge is -2.19. The molecular formula is C14H25N3OS. The van der Waals surface area contributed by atoms with Crippen LogP contribution in [0.2, 0.25) is 0 Å². The summed E-state index contributed by atoms with van der Waals surface area (Å²) in [5, 5.41) is 16.9. The van der Waals surface area contributed by atoms with E-state index >= 15 is 0 Å². The molecule has 19 heavy (non-hydrogen) atoms. The average molecular weight is 283 g/mol. The monoisotopic (exact) mass is 283 g/mol. The summed E-state index contributed by atoms with van der Waals surface area (Å²) in [5.41, 5.74) is 0. The van der Waals surface area contributed by atoms with Gasteiger partial charge in [0.15, 0.2) is 4.77 Å². The summed E-state index contributed by atoms with van der Waals surface area (Å²) < 4.78 is 2.59. The summed E-state index contributed by atoms with van der Waals surface area (Å²) >= 11 is 5.24. The predicted octanol–water partition coefficient (Wildman–Crippen LogP) is 3.42. The van der Waals surface area contributed by atoms with Crippen molar-refractivity contribution in [2.45, 2.75) is 58.6 Å². The van der Waals surface area contributed by atoms with Gasteiger partial charge in [-0.1, -0.05) is 26.3 Å². The van der Waals surface area contributed by atoms with Crippen LogP contribution in [0.25, 0.3) is 0 Å². The van der Waals surface area contributed by atoms with Crippen molar-refractivity contribution in [1.82, 2.24) is 14.8 Å². The van der Waals surface area contributed by atoms with Crippen molar-refractivity contribution in [2.75, 3.05) is 0 Å². The third-order valence-corrected chi connectivity index (χ3v) is 3.49. The zero-order valence-corrected chi connectivity index (χ0v) is 12.9. The number of nitrogens with one attached hydrogen (secondary N) is 1. The van der Waals surface area contributed by atoms with Gasteiger partial charge in [0.05, 0.1) is 6.10 Å². The van der Waals surface area contributed by atoms with Gasteiger partial charge in [0.25, 0.3) is 0 Å². The minimum atomic E-state index is -0.334. The van der Waals surface area contributed by atoms with E-state index in [-0.39, 0.29) is 12.0 Å². The number of aliphatic hydroxyl groups is 1. The summed E-state index contributed by atoms with van der Waals surface area (Å²) in [6.45, 7) is 10.6. The van der Waals surface area contributed by atoms with Crippen LogP contribution in [-0.2, 0) is 6.54 Å². The highest BCUT2D eigenvalue weighted by Gasteiger charge is 2.20. The summed E-state index contributed by atoms with van der Waals surface area (Å²) in [4.78, 5) is 0. The standard InChI is InChI=1S/C14H25N3OS/c1-5-8-17-13(15-16-14(17)19)12(9-11(4)18)7-6-10(2)3/h5,10-12,18H,1,6-9H2,2-4H3,(H,16,19)/t11-,12+/m0/s1. The van der Waals surface area contributed by atoms with Gasteiger partial charge in [-0.25, -0.2) is 0 Å². The highest BCUT2D eigenvalue weighted by atomic mass is 32.1. The van der Waals surface area contributed by atoms with Crippen LogP contribution in [-0.4, -0.2) is 26.0 Å². The zero-order valence-electron chi connectivity index (χ0n) is 12.1. The molecule has 2 atom stereocenters. The minimum Gasteiger partial charge on any atom is -0.393 e. The topological polar surface area (TPSA) is 53.8 Å². The molecule has 0 aliphatic heterocycles. The number of nitrogens with zero attached hydrogens (tertiary/aromatic N) is 2. The maximum absolute atomic E-state index is 9.68. The molecule has 0 radical (unpaired) electrons. The second-order valence-corrected chi connectivity index (χ2v) is 5.93. The number of aromatic nitrogens is 3. The summed E-state index contributed by atoms with van der Waals surface area (Å²) in [6, 6.07) is 0. The molecular weight excluding hydrogens is 258 g/mol. The van der Waals surface area contributed by atoms with Crippen LogP contribution in [0, 0.1) is 10.7 Å². The van der Waals surface area contributed by atoms with Crippen LogP contribution >= 0.6 is 12.2 Å². The van der Waals surface area contributed by atoms with Crippen molar-refractivity contribution in [3.63, 3.8) is 0 Å². The summed E-state index contributed by atoms with van der Waals surface area (Å²) in [6.07, 6.45) is 4.32. The number of H-pyrrole nitrogens is 1. The zero-order chi connectivity index (χ0) is 14.4. The largest absolute Gasteiger partial charge is 0.393 e. The number of aromatic amines is 1. The Hall–Kier alpha value is -0.940. The van der Waals surface area contributed by atoms with Gasteiger partial charge in [-0.3, -0.25) is 5.10 Å². The first kappa shape index (κ1) is 16.1. The molecule has 0 saturated heterocycles. The fourth-order valence-electron chi connectivity index (χ4n) is 2.25. The van der Waals surface area contributed by atoms with Gasteiger partial charge >= 0.3 is 0 Å². The highest BCUT2D eigenvalue weighted by Crippen LogP contribution is 2.27. The molecule has 0 unspecified atom stereocenters. The van der Waals surface area contributed by atoms with E-state index in [0.717, 1.165) is 18.7 Å². The van der Waals surface area contributed by atoms with Gasteiger partial charge in [-0.05, 0) is 37.9 Å². The van der Waals surface area contributed by atoms with E-state index in [9.17, 15) is 5.11 Å². The molecule has 1 rings (SSSR count). The first-order valence-electron chi connectivity index (χ1n) is 6.89. The normalized spacial score (nSPS) is 14.6. The van der Waals surface area contributed by atoms with Crippen molar-refractivity contribution in [1.29, 1.82) is 0 Å². The molecule has 1 aromatic heterocycles. The maximum Gasteiger partial charge on any atom is 0.195 e. The Morgan fingerprint density at radius 3 is 2.63 bits per heavy atom. The molecule has 0 bridgehead atoms. The Kier molecular flexibility index (Phi) is 6.45. The van der Waals surface area contributed by atoms with Gasteiger partial charge in [-0.15, -0.1) is 6.58 Å². The van der Waals surface area contributed by atoms with Crippen molar-refractivity contribution in [3.8, 4) is 0 Å². The smallest absolute Gasteiger partial charge is 0.195 e. The van der Waals surface area contributed by atoms with Crippen molar-refractivity contribution in [2.24, 2.45) is 5.92 Å². The molecule has 108 valence electrons. The van der Waals surface area contributed by atoms with Gasteiger partial charge < -0.3 is 9.67 Å². The minimum absolute atomic E-state index is 0.232. The molecule has 0 saturated carbocycles. The fraction of sp³-hybridized carbons (Fsp3) is 0.714. The second kappa shape index (κ2) is 7.60. The Morgan fingerprint density at radius 2 is 2.11 bits per heavy atom. The Morgan fingerprint density at radius 1 is 1.42 bits per heavy atom. The molecule has 1 aromatic rings. The van der Waals surface area contributed by atoms with Crippen LogP contribution in [0.5, 0.6) is 0 Å². The molecule has 0 spiro atoms. The van der Waals surface area contributed by atoms with Crippen LogP contribution in [0.1, 0.15) is 51.8 Å². The van der Waals surface area contributed by atoms with Crippen LogP contribution in [0.4, 0.5) is 0 Å². The third kappa shape index (κ3) is 4.91. The Bertz CT molecular complexity index is 448. The van der Waals surface area contributed by atoms with Gasteiger partial charge in [-0.2, -0.15) is 5.10 Å². The molecule has 4 nitrogen and oxygen atoms in total. The van der Waals surface area contributed by atoms with E-state index in [4.69, 9.17) is 12.2 Å². The summed E-state index contributed by atoms with van der Waals surface area (Å²) in [5.74, 6) is 1.81. The van der Waals surface area contributed by atoms with Crippen LogP contribution < -0.4 is 0 Å². The molecule has 0 aromatic carbocycles. The molecule has 0 aliphatic rings. The highest BCUT2D eigenvalue weighted by molar-refractivity contribution is 7.71. The lowest BCUT2D eigenvalue weighted by atomic mass is 9.92. The Labute approximate surface area is 120 Å². The summed E-state index contributed by atoms with van der Waals surface area (Å²) in [7, 11) is 0. The second-order valence-electron chi connectivity index (χ2n) is 5.54. The number of aliphatic hydroxyl groups excluding tert-OH is 1. The molecule has 5 heteroatoms. The van der Waals surface area contributed by atoms with Crippen LogP contribution in [0.3, 0.4) is 0 Å². The van der Waals surface area contributed by atoms with Gasteiger partial charge in [0, 0.05) is 12.5 Å². The van der Waals surface area contributed by atoms with E-state index in [1.807, 2.05) is 17.6 Å². The fourth-order valence-corrected chi connectivity index (χ4v) is 2.46. The molecule has 2 N–H and O–H groups in total. The van der Waals surface area contributed by atoms with E-state index in [2.05, 4.69) is 30.6 Å². The number of hydrogen-bond acceptors (Lipinski definition) is 3. The average Bonchev–Trinajstić information content (AvgIpc) is 2.67. The van der Waals surface area contributed by atoms with Crippen molar-refractivity contribution >= 4 is 12.2 Å². The van der Waals surface area contributed by atoms with Gasteiger partial charge in [0.2, 0.25) is 0 Å². The molecule has 0 amide bonds.